The van der Waals surface area contributed by atoms with Crippen LogP contribution in [0.25, 0.3) is 0 Å². The number of aliphatic hydroxyl groups is 1. The number of piperidine rings is 1. The van der Waals surface area contributed by atoms with E-state index in [2.05, 4.69) is 10.2 Å². The molecule has 2 aliphatic rings. The van der Waals surface area contributed by atoms with Crippen LogP contribution in [-0.2, 0) is 4.79 Å². The summed E-state index contributed by atoms with van der Waals surface area (Å²) in [5.41, 5.74) is 1.36. The fraction of sp³-hybridized carbons (Fsp3) is 0.650. The number of amides is 1. The number of ether oxygens (including phenoxy) is 1. The second-order valence-electron chi connectivity index (χ2n) is 7.68. The van der Waals surface area contributed by atoms with Gasteiger partial charge >= 0.3 is 0 Å². The van der Waals surface area contributed by atoms with E-state index in [1.807, 2.05) is 12.1 Å². The number of nitrogens with zero attached hydrogens (tertiary/aromatic N) is 1. The van der Waals surface area contributed by atoms with E-state index in [1.54, 1.807) is 12.1 Å². The van der Waals surface area contributed by atoms with Crippen molar-refractivity contribution in [3.63, 3.8) is 0 Å². The zero-order valence-electron chi connectivity index (χ0n) is 15.2. The van der Waals surface area contributed by atoms with E-state index in [0.717, 1.165) is 18.8 Å². The third-order valence-corrected chi connectivity index (χ3v) is 5.67. The zero-order valence-corrected chi connectivity index (χ0v) is 15.2. The molecule has 1 amide bonds. The fourth-order valence-corrected chi connectivity index (χ4v) is 4.22. The Balaban J connectivity index is 1.38. The summed E-state index contributed by atoms with van der Waals surface area (Å²) in [5.74, 6) is 0.613. The highest BCUT2D eigenvalue weighted by Crippen LogP contribution is 2.46. The molecule has 1 atom stereocenters. The minimum atomic E-state index is -0.479. The van der Waals surface area contributed by atoms with Crippen LogP contribution in [0.5, 0.6) is 5.75 Å². The van der Waals surface area contributed by atoms with Crippen molar-refractivity contribution in [1.82, 2.24) is 4.90 Å². The maximum absolute atomic E-state index is 11.0. The van der Waals surface area contributed by atoms with Crippen molar-refractivity contribution < 1.29 is 14.6 Å². The van der Waals surface area contributed by atoms with Gasteiger partial charge in [0.05, 0.1) is 0 Å². The number of nitrogens with one attached hydrogen (secondary N) is 1. The Hall–Kier alpha value is -1.59. The van der Waals surface area contributed by atoms with Crippen LogP contribution in [0, 0.1) is 5.41 Å². The van der Waals surface area contributed by atoms with E-state index in [-0.39, 0.29) is 5.91 Å². The predicted octanol–water partition coefficient (Wildman–Crippen LogP) is 3.04. The SMILES string of the molecule is CC(=O)Nc1ccc(OCC(O)CN2CCC3(CCCC3)CC2)cc1. The Morgan fingerprint density at radius 3 is 2.44 bits per heavy atom. The van der Waals surface area contributed by atoms with Crippen LogP contribution in [0.2, 0.25) is 0 Å². The number of hydrogen-bond donors (Lipinski definition) is 2. The first-order chi connectivity index (χ1) is 12.0. The molecule has 5 nitrogen and oxygen atoms in total. The number of likely N-dealkylation sites (tertiary alicyclic amines) is 1. The van der Waals surface area contributed by atoms with Crippen LogP contribution < -0.4 is 10.1 Å². The Bertz CT molecular complexity index is 557. The molecule has 1 spiro atoms. The highest BCUT2D eigenvalue weighted by atomic mass is 16.5. The summed E-state index contributed by atoms with van der Waals surface area (Å²) in [7, 11) is 0. The number of aliphatic hydroxyl groups excluding tert-OH is 1. The van der Waals surface area contributed by atoms with Crippen molar-refractivity contribution in [1.29, 1.82) is 0 Å². The third kappa shape index (κ3) is 5.19. The normalized spacial score (nSPS) is 21.2. The van der Waals surface area contributed by atoms with Crippen LogP contribution in [0.1, 0.15) is 45.4 Å². The summed E-state index contributed by atoms with van der Waals surface area (Å²) in [6.07, 6.45) is 7.69. The zero-order chi connectivity index (χ0) is 17.7. The minimum Gasteiger partial charge on any atom is -0.491 e. The number of carbonyl (C=O) groups excluding carboxylic acids is 1. The van der Waals surface area contributed by atoms with E-state index in [9.17, 15) is 9.90 Å². The lowest BCUT2D eigenvalue weighted by atomic mass is 9.77. The summed E-state index contributed by atoms with van der Waals surface area (Å²) < 4.78 is 5.67. The standard InChI is InChI=1S/C20H30N2O3/c1-16(23)21-17-4-6-19(7-5-17)25-15-18(24)14-22-12-10-20(11-13-22)8-2-3-9-20/h4-7,18,24H,2-3,8-15H2,1H3,(H,21,23). The van der Waals surface area contributed by atoms with Crippen LogP contribution in [0.4, 0.5) is 5.69 Å². The van der Waals surface area contributed by atoms with E-state index >= 15 is 0 Å². The average molecular weight is 346 g/mol. The first kappa shape index (κ1) is 18.2. The molecule has 1 aliphatic heterocycles. The largest absolute Gasteiger partial charge is 0.491 e. The summed E-state index contributed by atoms with van der Waals surface area (Å²) >= 11 is 0. The van der Waals surface area contributed by atoms with Gasteiger partial charge < -0.3 is 20.1 Å². The maximum Gasteiger partial charge on any atom is 0.221 e. The molecule has 1 aromatic rings. The lowest BCUT2D eigenvalue weighted by molar-refractivity contribution is -0.114. The van der Waals surface area contributed by atoms with Gasteiger partial charge in [0.2, 0.25) is 5.91 Å². The van der Waals surface area contributed by atoms with Gasteiger partial charge in [-0.05, 0) is 68.5 Å². The summed E-state index contributed by atoms with van der Waals surface area (Å²) in [6.45, 7) is 4.65. The molecule has 1 unspecified atom stereocenters. The summed E-state index contributed by atoms with van der Waals surface area (Å²) in [5, 5.41) is 13.0. The van der Waals surface area contributed by atoms with Crippen molar-refractivity contribution in [3.05, 3.63) is 24.3 Å². The molecule has 0 bridgehead atoms. The molecule has 1 heterocycles. The van der Waals surface area contributed by atoms with E-state index < -0.39 is 6.10 Å². The number of β-amino-alcohol motifs (C(OH)–C–C–N with tert-alkyl or cyclic N) is 1. The fourth-order valence-electron chi connectivity index (χ4n) is 4.22. The Morgan fingerprint density at radius 1 is 1.20 bits per heavy atom. The molecular formula is C20H30N2O3. The summed E-state index contributed by atoms with van der Waals surface area (Å²) in [6, 6.07) is 7.22. The average Bonchev–Trinajstić information content (AvgIpc) is 3.04. The van der Waals surface area contributed by atoms with Gasteiger partial charge in [-0.3, -0.25) is 4.79 Å². The van der Waals surface area contributed by atoms with Crippen molar-refractivity contribution in [2.45, 2.75) is 51.6 Å². The van der Waals surface area contributed by atoms with Gasteiger partial charge in [0.15, 0.2) is 0 Å². The van der Waals surface area contributed by atoms with Gasteiger partial charge in [0.25, 0.3) is 0 Å². The van der Waals surface area contributed by atoms with Gasteiger partial charge in [-0.15, -0.1) is 0 Å². The lowest BCUT2D eigenvalue weighted by Crippen LogP contribution is -2.43. The first-order valence-electron chi connectivity index (χ1n) is 9.46. The molecule has 0 aromatic heterocycles. The Morgan fingerprint density at radius 2 is 1.84 bits per heavy atom. The number of hydrogen-bond acceptors (Lipinski definition) is 4. The van der Waals surface area contributed by atoms with Crippen LogP contribution >= 0.6 is 0 Å². The minimum absolute atomic E-state index is 0.0926. The summed E-state index contributed by atoms with van der Waals surface area (Å²) in [4.78, 5) is 13.4. The topological polar surface area (TPSA) is 61.8 Å². The van der Waals surface area contributed by atoms with Crippen LogP contribution in [0.15, 0.2) is 24.3 Å². The van der Waals surface area contributed by atoms with Crippen LogP contribution in [0.3, 0.4) is 0 Å². The van der Waals surface area contributed by atoms with Gasteiger partial charge in [0.1, 0.15) is 18.5 Å². The molecule has 3 rings (SSSR count). The number of benzene rings is 1. The highest BCUT2D eigenvalue weighted by Gasteiger charge is 2.37. The molecule has 1 saturated carbocycles. The van der Waals surface area contributed by atoms with E-state index in [1.165, 1.54) is 45.4 Å². The lowest BCUT2D eigenvalue weighted by Gasteiger charge is -2.40. The first-order valence-corrected chi connectivity index (χ1v) is 9.46. The van der Waals surface area contributed by atoms with Gasteiger partial charge in [-0.25, -0.2) is 0 Å². The second-order valence-corrected chi connectivity index (χ2v) is 7.68. The molecule has 5 heteroatoms. The molecule has 2 N–H and O–H groups in total. The molecule has 1 aromatic carbocycles. The highest BCUT2D eigenvalue weighted by molar-refractivity contribution is 5.88. The van der Waals surface area contributed by atoms with Crippen molar-refractivity contribution >= 4 is 11.6 Å². The van der Waals surface area contributed by atoms with Gasteiger partial charge in [0, 0.05) is 19.2 Å². The number of carbonyl (C=O) groups is 1. The molecule has 0 radical (unpaired) electrons. The Kier molecular flexibility index (Phi) is 5.97. The van der Waals surface area contributed by atoms with Crippen LogP contribution in [-0.4, -0.2) is 48.3 Å². The molecule has 1 aliphatic carbocycles. The van der Waals surface area contributed by atoms with E-state index in [4.69, 9.17) is 4.74 Å². The van der Waals surface area contributed by atoms with Gasteiger partial charge in [-0.2, -0.15) is 0 Å². The molecule has 138 valence electrons. The van der Waals surface area contributed by atoms with Crippen molar-refractivity contribution in [2.75, 3.05) is 31.6 Å². The molecular weight excluding hydrogens is 316 g/mol. The Labute approximate surface area is 150 Å². The maximum atomic E-state index is 11.0. The number of rotatable bonds is 6. The number of anilines is 1. The quantitative estimate of drug-likeness (QED) is 0.831. The van der Waals surface area contributed by atoms with Crippen molar-refractivity contribution in [2.24, 2.45) is 5.41 Å². The monoisotopic (exact) mass is 346 g/mol. The van der Waals surface area contributed by atoms with Gasteiger partial charge in [-0.1, -0.05) is 12.8 Å². The molecule has 2 fully saturated rings. The smallest absolute Gasteiger partial charge is 0.221 e. The van der Waals surface area contributed by atoms with Crippen molar-refractivity contribution in [3.8, 4) is 5.75 Å². The molecule has 1 saturated heterocycles. The second kappa shape index (κ2) is 8.19. The molecule has 25 heavy (non-hydrogen) atoms. The third-order valence-electron chi connectivity index (χ3n) is 5.67. The predicted molar refractivity (Wildman–Crippen MR) is 98.8 cm³/mol. The van der Waals surface area contributed by atoms with E-state index in [0.29, 0.717) is 24.3 Å².